The van der Waals surface area contributed by atoms with E-state index in [4.69, 9.17) is 0 Å². The van der Waals surface area contributed by atoms with Gasteiger partial charge in [0, 0.05) is 49.8 Å². The molecule has 1 unspecified atom stereocenters. The third-order valence-electron chi connectivity index (χ3n) is 4.46. The number of phenolic OH excluding ortho intramolecular Hbond substituents is 1. The van der Waals surface area contributed by atoms with Crippen molar-refractivity contribution in [2.75, 3.05) is 19.6 Å². The number of benzene rings is 1. The summed E-state index contributed by atoms with van der Waals surface area (Å²) in [6.45, 7) is 4.56. The molecule has 0 aliphatic carbocycles. The summed E-state index contributed by atoms with van der Waals surface area (Å²) in [6, 6.07) is 5.31. The van der Waals surface area contributed by atoms with Gasteiger partial charge in [0.2, 0.25) is 5.91 Å². The maximum absolute atomic E-state index is 11.7. The number of Topliss-reactive ketones (excluding diaryl/α,β-unsaturated/α-hetero) is 1. The second-order valence-corrected chi connectivity index (χ2v) is 5.91. The van der Waals surface area contributed by atoms with Gasteiger partial charge < -0.3 is 10.0 Å². The van der Waals surface area contributed by atoms with Gasteiger partial charge in [0.05, 0.1) is 0 Å². The first-order valence-corrected chi connectivity index (χ1v) is 7.39. The Morgan fingerprint density at radius 1 is 1.38 bits per heavy atom. The zero-order valence-electron chi connectivity index (χ0n) is 12.2. The fraction of sp³-hybridized carbons (Fsp3) is 0.500. The Kier molecular flexibility index (Phi) is 3.68. The van der Waals surface area contributed by atoms with Crippen LogP contribution in [0.1, 0.15) is 35.7 Å². The maximum atomic E-state index is 11.7. The first-order valence-electron chi connectivity index (χ1n) is 7.39. The lowest BCUT2D eigenvalue weighted by Gasteiger charge is -2.37. The second kappa shape index (κ2) is 5.48. The number of piperazine rings is 1. The van der Waals surface area contributed by atoms with Gasteiger partial charge in [0.1, 0.15) is 5.75 Å². The van der Waals surface area contributed by atoms with Crippen LogP contribution in [0.4, 0.5) is 0 Å². The molecule has 2 fully saturated rings. The summed E-state index contributed by atoms with van der Waals surface area (Å²) in [7, 11) is 0. The number of ketones is 1. The predicted octanol–water partition coefficient (Wildman–Crippen LogP) is 1.40. The van der Waals surface area contributed by atoms with Crippen LogP contribution in [0.25, 0.3) is 0 Å². The fourth-order valence-electron chi connectivity index (χ4n) is 3.24. The van der Waals surface area contributed by atoms with Gasteiger partial charge in [-0.25, -0.2) is 0 Å². The van der Waals surface area contributed by atoms with Crippen molar-refractivity contribution >= 4 is 11.7 Å². The molecule has 0 bridgehead atoms. The number of carbonyl (C=O) groups is 2. The average molecular weight is 288 g/mol. The van der Waals surface area contributed by atoms with E-state index in [9.17, 15) is 14.7 Å². The zero-order valence-corrected chi connectivity index (χ0v) is 12.2. The van der Waals surface area contributed by atoms with Crippen LogP contribution >= 0.6 is 0 Å². The van der Waals surface area contributed by atoms with Crippen molar-refractivity contribution in [1.82, 2.24) is 9.80 Å². The van der Waals surface area contributed by atoms with Crippen molar-refractivity contribution in [3.8, 4) is 5.75 Å². The number of hydrogen-bond donors (Lipinski definition) is 1. The molecule has 1 aromatic carbocycles. The van der Waals surface area contributed by atoms with E-state index >= 15 is 0 Å². The van der Waals surface area contributed by atoms with Crippen LogP contribution in [-0.4, -0.2) is 52.3 Å². The highest BCUT2D eigenvalue weighted by Gasteiger charge is 2.35. The van der Waals surface area contributed by atoms with E-state index in [0.29, 0.717) is 24.6 Å². The molecule has 0 spiro atoms. The Balaban J connectivity index is 1.71. The quantitative estimate of drug-likeness (QED) is 0.854. The van der Waals surface area contributed by atoms with Crippen molar-refractivity contribution < 1.29 is 14.7 Å². The summed E-state index contributed by atoms with van der Waals surface area (Å²) in [4.78, 5) is 27.3. The standard InChI is InChI=1S/C16H20N2O3/c1-11(19)12-2-4-15(20)13(8-12)9-17-6-7-18-14(10-17)3-5-16(18)21/h2,4,8,14,20H,3,5-7,9-10H2,1H3. The topological polar surface area (TPSA) is 60.9 Å². The summed E-state index contributed by atoms with van der Waals surface area (Å²) >= 11 is 0. The minimum atomic E-state index is 0.00228. The Labute approximate surface area is 124 Å². The molecule has 1 atom stereocenters. The average Bonchev–Trinajstić information content (AvgIpc) is 2.82. The lowest BCUT2D eigenvalue weighted by Crippen LogP contribution is -2.50. The SMILES string of the molecule is CC(=O)c1ccc(O)c(CN2CCN3C(=O)CCC3C2)c1. The van der Waals surface area contributed by atoms with Gasteiger partial charge in [0.15, 0.2) is 5.78 Å². The largest absolute Gasteiger partial charge is 0.508 e. The molecule has 0 saturated carbocycles. The van der Waals surface area contributed by atoms with Crippen LogP contribution in [0.3, 0.4) is 0 Å². The van der Waals surface area contributed by atoms with E-state index < -0.39 is 0 Å². The van der Waals surface area contributed by atoms with Gasteiger partial charge in [-0.05, 0) is 31.5 Å². The van der Waals surface area contributed by atoms with Crippen LogP contribution in [0.15, 0.2) is 18.2 Å². The molecule has 5 nitrogen and oxygen atoms in total. The van der Waals surface area contributed by atoms with Gasteiger partial charge in [-0.3, -0.25) is 14.5 Å². The third-order valence-corrected chi connectivity index (χ3v) is 4.46. The molecule has 1 amide bonds. The highest BCUT2D eigenvalue weighted by Crippen LogP contribution is 2.26. The number of rotatable bonds is 3. The van der Waals surface area contributed by atoms with E-state index in [-0.39, 0.29) is 17.4 Å². The smallest absolute Gasteiger partial charge is 0.222 e. The molecule has 3 rings (SSSR count). The molecule has 2 aliphatic rings. The van der Waals surface area contributed by atoms with Gasteiger partial charge in [0.25, 0.3) is 0 Å². The highest BCUT2D eigenvalue weighted by molar-refractivity contribution is 5.94. The Bertz CT molecular complexity index is 585. The first-order chi connectivity index (χ1) is 10.0. The van der Waals surface area contributed by atoms with Crippen molar-refractivity contribution in [3.63, 3.8) is 0 Å². The molecule has 0 radical (unpaired) electrons. The third kappa shape index (κ3) is 2.78. The van der Waals surface area contributed by atoms with Crippen LogP contribution in [-0.2, 0) is 11.3 Å². The van der Waals surface area contributed by atoms with E-state index in [1.54, 1.807) is 18.2 Å². The van der Waals surface area contributed by atoms with E-state index in [2.05, 4.69) is 4.90 Å². The lowest BCUT2D eigenvalue weighted by atomic mass is 10.1. The molecular formula is C16H20N2O3. The predicted molar refractivity (Wildman–Crippen MR) is 78.1 cm³/mol. The fourth-order valence-corrected chi connectivity index (χ4v) is 3.24. The van der Waals surface area contributed by atoms with Gasteiger partial charge >= 0.3 is 0 Å². The van der Waals surface area contributed by atoms with Crippen molar-refractivity contribution in [1.29, 1.82) is 0 Å². The minimum absolute atomic E-state index is 0.00228. The van der Waals surface area contributed by atoms with E-state index in [1.807, 2.05) is 4.90 Å². The number of aromatic hydroxyl groups is 1. The molecule has 2 heterocycles. The summed E-state index contributed by atoms with van der Waals surface area (Å²) in [5.41, 5.74) is 1.40. The molecule has 2 aliphatic heterocycles. The Morgan fingerprint density at radius 2 is 2.19 bits per heavy atom. The van der Waals surface area contributed by atoms with Gasteiger partial charge in [-0.15, -0.1) is 0 Å². The van der Waals surface area contributed by atoms with Crippen LogP contribution < -0.4 is 0 Å². The second-order valence-electron chi connectivity index (χ2n) is 5.91. The number of phenols is 1. The van der Waals surface area contributed by atoms with E-state index in [0.717, 1.165) is 31.6 Å². The van der Waals surface area contributed by atoms with Crippen LogP contribution in [0.2, 0.25) is 0 Å². The van der Waals surface area contributed by atoms with Crippen LogP contribution in [0, 0.1) is 0 Å². The molecule has 2 saturated heterocycles. The Hall–Kier alpha value is -1.88. The van der Waals surface area contributed by atoms with Crippen molar-refractivity contribution in [2.45, 2.75) is 32.4 Å². The lowest BCUT2D eigenvalue weighted by molar-refractivity contribution is -0.130. The number of nitrogens with zero attached hydrogens (tertiary/aromatic N) is 2. The van der Waals surface area contributed by atoms with Crippen molar-refractivity contribution in [2.24, 2.45) is 0 Å². The molecule has 112 valence electrons. The highest BCUT2D eigenvalue weighted by atomic mass is 16.3. The maximum Gasteiger partial charge on any atom is 0.222 e. The first kappa shape index (κ1) is 14.1. The monoisotopic (exact) mass is 288 g/mol. The molecule has 5 heteroatoms. The number of fused-ring (bicyclic) bond motifs is 1. The molecular weight excluding hydrogens is 268 g/mol. The number of hydrogen-bond acceptors (Lipinski definition) is 4. The molecule has 1 N–H and O–H groups in total. The normalized spacial score (nSPS) is 22.4. The zero-order chi connectivity index (χ0) is 15.0. The summed E-state index contributed by atoms with van der Waals surface area (Å²) in [6.07, 6.45) is 1.58. The van der Waals surface area contributed by atoms with Gasteiger partial charge in [-0.2, -0.15) is 0 Å². The van der Waals surface area contributed by atoms with Crippen LogP contribution in [0.5, 0.6) is 5.75 Å². The summed E-state index contributed by atoms with van der Waals surface area (Å²) in [5.74, 6) is 0.494. The molecule has 1 aromatic rings. The summed E-state index contributed by atoms with van der Waals surface area (Å²) in [5, 5.41) is 9.97. The molecule has 0 aromatic heterocycles. The number of amides is 1. The van der Waals surface area contributed by atoms with Crippen molar-refractivity contribution in [3.05, 3.63) is 29.3 Å². The number of carbonyl (C=O) groups excluding carboxylic acids is 2. The minimum Gasteiger partial charge on any atom is -0.508 e. The summed E-state index contributed by atoms with van der Waals surface area (Å²) < 4.78 is 0. The van der Waals surface area contributed by atoms with E-state index in [1.165, 1.54) is 6.92 Å². The Morgan fingerprint density at radius 3 is 2.95 bits per heavy atom. The molecule has 21 heavy (non-hydrogen) atoms. The van der Waals surface area contributed by atoms with Gasteiger partial charge in [-0.1, -0.05) is 0 Å².